The van der Waals surface area contributed by atoms with Crippen molar-refractivity contribution in [3.63, 3.8) is 0 Å². The summed E-state index contributed by atoms with van der Waals surface area (Å²) < 4.78 is 7.82. The Kier molecular flexibility index (Phi) is 4.82. The molecule has 0 spiro atoms. The van der Waals surface area contributed by atoms with E-state index < -0.39 is 0 Å². The molecule has 1 aromatic carbocycles. The summed E-state index contributed by atoms with van der Waals surface area (Å²) in [5.41, 5.74) is 2.07. The molecule has 0 aliphatic carbocycles. The van der Waals surface area contributed by atoms with E-state index in [1.807, 2.05) is 19.1 Å². The zero-order valence-electron chi connectivity index (χ0n) is 13.6. The Morgan fingerprint density at radius 1 is 1.24 bits per heavy atom. The summed E-state index contributed by atoms with van der Waals surface area (Å²) in [4.78, 5) is 4.80. The third kappa shape index (κ3) is 2.52. The molecular weight excluding hydrogens is 284 g/mol. The van der Waals surface area contributed by atoms with Gasteiger partial charge in [-0.3, -0.25) is 0 Å². The molecule has 2 rings (SSSR count). The number of para-hydroxylation sites is 1. The molecule has 4 heteroatoms. The summed E-state index contributed by atoms with van der Waals surface area (Å²) >= 11 is 6.43. The molecule has 0 radical (unpaired) electrons. The van der Waals surface area contributed by atoms with Gasteiger partial charge in [0.25, 0.3) is 0 Å². The van der Waals surface area contributed by atoms with Crippen LogP contribution in [0.1, 0.15) is 58.2 Å². The van der Waals surface area contributed by atoms with Gasteiger partial charge in [-0.25, -0.2) is 4.98 Å². The summed E-state index contributed by atoms with van der Waals surface area (Å²) in [6.45, 7) is 8.70. The first-order valence-electron chi connectivity index (χ1n) is 7.74. The molecule has 116 valence electrons. The van der Waals surface area contributed by atoms with Crippen molar-refractivity contribution in [2.24, 2.45) is 0 Å². The quantitative estimate of drug-likeness (QED) is 0.680. The van der Waals surface area contributed by atoms with Crippen LogP contribution >= 0.6 is 11.6 Å². The minimum atomic E-state index is -0.133. The minimum absolute atomic E-state index is 0.0552. The second-order valence-corrected chi connectivity index (χ2v) is 6.19. The van der Waals surface area contributed by atoms with Gasteiger partial charge < -0.3 is 9.30 Å². The molecule has 0 saturated heterocycles. The van der Waals surface area contributed by atoms with Crippen LogP contribution in [-0.4, -0.2) is 16.7 Å². The van der Waals surface area contributed by atoms with Crippen LogP contribution in [0.2, 0.25) is 0 Å². The third-order valence-electron chi connectivity index (χ3n) is 4.70. The third-order valence-corrected chi connectivity index (χ3v) is 4.89. The highest BCUT2D eigenvalue weighted by Gasteiger charge is 2.32. The molecule has 1 heterocycles. The van der Waals surface area contributed by atoms with Crippen molar-refractivity contribution in [2.75, 3.05) is 7.11 Å². The molecule has 0 fully saturated rings. The normalized spacial score (nSPS) is 13.6. The Bertz CT molecular complexity index is 606. The first-order valence-corrected chi connectivity index (χ1v) is 8.18. The van der Waals surface area contributed by atoms with E-state index in [2.05, 4.69) is 31.4 Å². The second kappa shape index (κ2) is 6.27. The summed E-state index contributed by atoms with van der Waals surface area (Å²) in [5.74, 6) is 1.74. The van der Waals surface area contributed by atoms with Crippen LogP contribution in [0.15, 0.2) is 18.2 Å². The summed E-state index contributed by atoms with van der Waals surface area (Å²) in [6, 6.07) is 6.09. The van der Waals surface area contributed by atoms with E-state index in [-0.39, 0.29) is 10.9 Å². The second-order valence-electron chi connectivity index (χ2n) is 5.53. The van der Waals surface area contributed by atoms with E-state index in [0.29, 0.717) is 0 Å². The number of aromatic nitrogens is 2. The van der Waals surface area contributed by atoms with Crippen LogP contribution in [0.5, 0.6) is 5.75 Å². The molecule has 0 aliphatic heterocycles. The molecular formula is C17H25ClN2O. The number of rotatable bonds is 6. The van der Waals surface area contributed by atoms with Crippen molar-refractivity contribution < 1.29 is 4.74 Å². The fraction of sp³-hybridized carbons (Fsp3) is 0.588. The van der Waals surface area contributed by atoms with Crippen molar-refractivity contribution >= 4 is 22.6 Å². The summed E-state index contributed by atoms with van der Waals surface area (Å²) in [6.07, 6.45) is 3.16. The fourth-order valence-corrected chi connectivity index (χ4v) is 3.39. The zero-order chi connectivity index (χ0) is 15.6. The van der Waals surface area contributed by atoms with Crippen LogP contribution in [0, 0.1) is 0 Å². The smallest absolute Gasteiger partial charge is 0.146 e. The molecule has 0 saturated carbocycles. The Morgan fingerprint density at radius 2 is 1.86 bits per heavy atom. The van der Waals surface area contributed by atoms with E-state index in [1.165, 1.54) is 0 Å². The lowest BCUT2D eigenvalue weighted by Gasteiger charge is -2.35. The standard InChI is InChI=1S/C17H25ClN2O/c1-6-17(7-2,8-3)20-13-10-9-11-14(21-5)15(13)19-16(20)12(4)18/h9-12H,6-8H2,1-5H3. The number of nitrogens with zero attached hydrogens (tertiary/aromatic N) is 2. The van der Waals surface area contributed by atoms with Crippen molar-refractivity contribution in [3.8, 4) is 5.75 Å². The predicted octanol–water partition coefficient (Wildman–Crippen LogP) is 5.27. The molecule has 1 atom stereocenters. The molecule has 1 aromatic heterocycles. The van der Waals surface area contributed by atoms with E-state index in [1.54, 1.807) is 7.11 Å². The minimum Gasteiger partial charge on any atom is -0.494 e. The Morgan fingerprint density at radius 3 is 2.33 bits per heavy atom. The number of benzene rings is 1. The van der Waals surface area contributed by atoms with Crippen LogP contribution in [0.3, 0.4) is 0 Å². The molecule has 21 heavy (non-hydrogen) atoms. The van der Waals surface area contributed by atoms with Crippen molar-refractivity contribution in [2.45, 2.75) is 57.9 Å². The first-order chi connectivity index (χ1) is 10.0. The SMILES string of the molecule is CCC(CC)(CC)n1c(C(C)Cl)nc2c(OC)cccc21. The van der Waals surface area contributed by atoms with Crippen LogP contribution in [-0.2, 0) is 5.54 Å². The Balaban J connectivity index is 2.85. The molecule has 0 aliphatic rings. The molecule has 1 unspecified atom stereocenters. The van der Waals surface area contributed by atoms with E-state index >= 15 is 0 Å². The van der Waals surface area contributed by atoms with E-state index in [4.69, 9.17) is 21.3 Å². The van der Waals surface area contributed by atoms with Crippen molar-refractivity contribution in [3.05, 3.63) is 24.0 Å². The van der Waals surface area contributed by atoms with Gasteiger partial charge in [-0.05, 0) is 38.3 Å². The average Bonchev–Trinajstić information content (AvgIpc) is 2.90. The van der Waals surface area contributed by atoms with Gasteiger partial charge in [0.2, 0.25) is 0 Å². The van der Waals surface area contributed by atoms with E-state index in [9.17, 15) is 0 Å². The number of alkyl halides is 1. The first kappa shape index (κ1) is 16.2. The maximum Gasteiger partial charge on any atom is 0.146 e. The number of methoxy groups -OCH3 is 1. The van der Waals surface area contributed by atoms with Crippen molar-refractivity contribution in [1.82, 2.24) is 9.55 Å². The lowest BCUT2D eigenvalue weighted by molar-refractivity contribution is 0.251. The maximum absolute atomic E-state index is 6.43. The molecule has 0 amide bonds. The van der Waals surface area contributed by atoms with Gasteiger partial charge in [0.15, 0.2) is 0 Å². The molecule has 2 aromatic rings. The van der Waals surface area contributed by atoms with Gasteiger partial charge in [0, 0.05) is 5.54 Å². The average molecular weight is 309 g/mol. The van der Waals surface area contributed by atoms with Crippen LogP contribution in [0.4, 0.5) is 0 Å². The Hall–Kier alpha value is -1.22. The lowest BCUT2D eigenvalue weighted by atomic mass is 9.89. The van der Waals surface area contributed by atoms with Gasteiger partial charge >= 0.3 is 0 Å². The lowest BCUT2D eigenvalue weighted by Crippen LogP contribution is -2.33. The number of halogens is 1. The summed E-state index contributed by atoms with van der Waals surface area (Å²) in [7, 11) is 1.68. The number of hydrogen-bond acceptors (Lipinski definition) is 2. The Labute approximate surface area is 132 Å². The number of imidazole rings is 1. The van der Waals surface area contributed by atoms with Gasteiger partial charge in [-0.1, -0.05) is 26.8 Å². The number of hydrogen-bond donors (Lipinski definition) is 0. The molecule has 3 nitrogen and oxygen atoms in total. The van der Waals surface area contributed by atoms with Crippen LogP contribution in [0.25, 0.3) is 11.0 Å². The maximum atomic E-state index is 6.43. The van der Waals surface area contributed by atoms with Crippen LogP contribution < -0.4 is 4.74 Å². The predicted molar refractivity (Wildman–Crippen MR) is 89.4 cm³/mol. The molecule has 0 bridgehead atoms. The topological polar surface area (TPSA) is 27.1 Å². The highest BCUT2D eigenvalue weighted by atomic mass is 35.5. The number of fused-ring (bicyclic) bond motifs is 1. The van der Waals surface area contributed by atoms with Gasteiger partial charge in [-0.2, -0.15) is 0 Å². The monoisotopic (exact) mass is 308 g/mol. The van der Waals surface area contributed by atoms with Gasteiger partial charge in [-0.15, -0.1) is 11.6 Å². The zero-order valence-corrected chi connectivity index (χ0v) is 14.4. The number of ether oxygens (including phenoxy) is 1. The fourth-order valence-electron chi connectivity index (χ4n) is 3.25. The largest absolute Gasteiger partial charge is 0.494 e. The van der Waals surface area contributed by atoms with Gasteiger partial charge in [0.05, 0.1) is 18.0 Å². The molecule has 0 N–H and O–H groups in total. The van der Waals surface area contributed by atoms with Gasteiger partial charge in [0.1, 0.15) is 17.1 Å². The highest BCUT2D eigenvalue weighted by molar-refractivity contribution is 6.20. The van der Waals surface area contributed by atoms with Crippen molar-refractivity contribution in [1.29, 1.82) is 0 Å². The summed E-state index contributed by atoms with van der Waals surface area (Å²) in [5, 5.41) is -0.133. The van der Waals surface area contributed by atoms with E-state index in [0.717, 1.165) is 41.9 Å². The highest BCUT2D eigenvalue weighted by Crippen LogP contribution is 2.39.